The first-order chi connectivity index (χ1) is 4.74. The first kappa shape index (κ1) is 7.06. The van der Waals surface area contributed by atoms with Crippen LogP contribution in [-0.4, -0.2) is 12.1 Å². The molecule has 0 spiro atoms. The lowest BCUT2D eigenvalue weighted by molar-refractivity contribution is 0.411. The van der Waals surface area contributed by atoms with Gasteiger partial charge in [-0.1, -0.05) is 0 Å². The normalized spacial score (nSPS) is 9.50. The molecule has 0 saturated heterocycles. The summed E-state index contributed by atoms with van der Waals surface area (Å²) in [6.45, 7) is 5.63. The summed E-state index contributed by atoms with van der Waals surface area (Å²) in [6, 6.07) is 1.81. The number of aromatic nitrogens is 1. The van der Waals surface area contributed by atoms with Gasteiger partial charge in [0, 0.05) is 23.5 Å². The van der Waals surface area contributed by atoms with Gasteiger partial charge in [-0.3, -0.25) is 4.98 Å². The Hall–Kier alpha value is -1.05. The van der Waals surface area contributed by atoms with Crippen molar-refractivity contribution in [2.75, 3.05) is 7.11 Å². The summed E-state index contributed by atoms with van der Waals surface area (Å²) in [4.78, 5) is 4.00. The summed E-state index contributed by atoms with van der Waals surface area (Å²) in [5, 5.41) is 0. The van der Waals surface area contributed by atoms with E-state index in [0.717, 1.165) is 17.0 Å². The molecular formula is C8H10NO. The van der Waals surface area contributed by atoms with E-state index in [2.05, 4.69) is 11.9 Å². The number of nitrogens with zero attached hydrogens (tertiary/aromatic N) is 1. The third-order valence-electron chi connectivity index (χ3n) is 1.33. The molecule has 0 N–H and O–H groups in total. The van der Waals surface area contributed by atoms with E-state index in [1.54, 1.807) is 13.3 Å². The van der Waals surface area contributed by atoms with Crippen LogP contribution in [-0.2, 0) is 0 Å². The predicted molar refractivity (Wildman–Crippen MR) is 40.0 cm³/mol. The van der Waals surface area contributed by atoms with E-state index in [0.29, 0.717) is 0 Å². The van der Waals surface area contributed by atoms with Crippen LogP contribution in [0.15, 0.2) is 12.3 Å². The Morgan fingerprint density at radius 2 is 2.30 bits per heavy atom. The summed E-state index contributed by atoms with van der Waals surface area (Å²) in [6.07, 6.45) is 1.75. The van der Waals surface area contributed by atoms with Gasteiger partial charge in [0.2, 0.25) is 0 Å². The van der Waals surface area contributed by atoms with Crippen LogP contribution in [0.25, 0.3) is 0 Å². The Kier molecular flexibility index (Phi) is 1.90. The molecule has 0 atom stereocenters. The quantitative estimate of drug-likeness (QED) is 0.584. The van der Waals surface area contributed by atoms with Gasteiger partial charge in [-0.2, -0.15) is 0 Å². The van der Waals surface area contributed by atoms with Crippen molar-refractivity contribution in [2.24, 2.45) is 0 Å². The molecule has 1 rings (SSSR count). The van der Waals surface area contributed by atoms with Crippen LogP contribution in [0.3, 0.4) is 0 Å². The fraction of sp³-hybridized carbons (Fsp3) is 0.250. The lowest BCUT2D eigenvalue weighted by Crippen LogP contribution is -1.89. The summed E-state index contributed by atoms with van der Waals surface area (Å²) >= 11 is 0. The van der Waals surface area contributed by atoms with Crippen molar-refractivity contribution in [1.82, 2.24) is 4.98 Å². The summed E-state index contributed by atoms with van der Waals surface area (Å²) in [5.74, 6) is 0.847. The van der Waals surface area contributed by atoms with E-state index in [1.807, 2.05) is 13.0 Å². The molecule has 0 saturated carbocycles. The Balaban J connectivity index is 3.09. The van der Waals surface area contributed by atoms with Gasteiger partial charge in [-0.15, -0.1) is 0 Å². The third-order valence-corrected chi connectivity index (χ3v) is 1.33. The van der Waals surface area contributed by atoms with E-state index < -0.39 is 0 Å². The first-order valence-electron chi connectivity index (χ1n) is 3.06. The Labute approximate surface area is 60.9 Å². The minimum Gasteiger partial charge on any atom is -0.496 e. The summed E-state index contributed by atoms with van der Waals surface area (Å²) in [7, 11) is 1.64. The van der Waals surface area contributed by atoms with E-state index in [1.165, 1.54) is 0 Å². The van der Waals surface area contributed by atoms with Gasteiger partial charge in [-0.25, -0.2) is 0 Å². The standard InChI is InChI=1S/C8H10NO/c1-6-5-9-7(2)4-8(6)10-3/h4-5H,2H2,1,3H3. The molecule has 0 aliphatic carbocycles. The van der Waals surface area contributed by atoms with Crippen molar-refractivity contribution in [3.63, 3.8) is 0 Å². The maximum Gasteiger partial charge on any atom is 0.125 e. The minimum absolute atomic E-state index is 0.738. The van der Waals surface area contributed by atoms with Crippen molar-refractivity contribution < 1.29 is 4.74 Å². The molecule has 1 radical (unpaired) electrons. The van der Waals surface area contributed by atoms with Crippen LogP contribution in [0.5, 0.6) is 5.75 Å². The highest BCUT2D eigenvalue weighted by molar-refractivity contribution is 5.32. The molecule has 1 heterocycles. The topological polar surface area (TPSA) is 22.1 Å². The maximum atomic E-state index is 5.05. The molecule has 0 bridgehead atoms. The van der Waals surface area contributed by atoms with Crippen molar-refractivity contribution in [1.29, 1.82) is 0 Å². The van der Waals surface area contributed by atoms with Crippen LogP contribution in [0.1, 0.15) is 11.3 Å². The average Bonchev–Trinajstić information content (AvgIpc) is 1.94. The van der Waals surface area contributed by atoms with Gasteiger partial charge in [0.05, 0.1) is 7.11 Å². The number of methoxy groups -OCH3 is 1. The molecule has 2 nitrogen and oxygen atoms in total. The van der Waals surface area contributed by atoms with Crippen molar-refractivity contribution in [3.05, 3.63) is 30.4 Å². The lowest BCUT2D eigenvalue weighted by atomic mass is 10.2. The minimum atomic E-state index is 0.738. The molecular weight excluding hydrogens is 126 g/mol. The second kappa shape index (κ2) is 2.69. The summed E-state index contributed by atoms with van der Waals surface area (Å²) in [5.41, 5.74) is 1.78. The van der Waals surface area contributed by atoms with Gasteiger partial charge >= 0.3 is 0 Å². The van der Waals surface area contributed by atoms with Gasteiger partial charge < -0.3 is 4.74 Å². The first-order valence-corrected chi connectivity index (χ1v) is 3.06. The predicted octanol–water partition coefficient (Wildman–Crippen LogP) is 1.58. The second-order valence-electron chi connectivity index (χ2n) is 2.15. The number of rotatable bonds is 1. The van der Waals surface area contributed by atoms with Crippen LogP contribution in [0.2, 0.25) is 0 Å². The summed E-state index contributed by atoms with van der Waals surface area (Å²) < 4.78 is 5.05. The highest BCUT2D eigenvalue weighted by atomic mass is 16.5. The van der Waals surface area contributed by atoms with E-state index >= 15 is 0 Å². The molecule has 53 valence electrons. The smallest absolute Gasteiger partial charge is 0.125 e. The molecule has 2 heteroatoms. The zero-order valence-corrected chi connectivity index (χ0v) is 6.22. The zero-order chi connectivity index (χ0) is 7.56. The van der Waals surface area contributed by atoms with E-state index in [9.17, 15) is 0 Å². The van der Waals surface area contributed by atoms with Crippen molar-refractivity contribution >= 4 is 0 Å². The molecule has 1 aromatic rings. The Bertz CT molecular complexity index is 233. The molecule has 10 heavy (non-hydrogen) atoms. The number of hydrogen-bond acceptors (Lipinski definition) is 2. The van der Waals surface area contributed by atoms with Crippen LogP contribution in [0, 0.1) is 13.8 Å². The maximum absolute atomic E-state index is 5.05. The van der Waals surface area contributed by atoms with Crippen molar-refractivity contribution in [2.45, 2.75) is 6.92 Å². The monoisotopic (exact) mass is 136 g/mol. The molecule has 0 unspecified atom stereocenters. The van der Waals surface area contributed by atoms with Gasteiger partial charge in [-0.05, 0) is 13.8 Å². The molecule has 1 aromatic heterocycles. The molecule has 0 aliphatic rings. The average molecular weight is 136 g/mol. The molecule has 0 fully saturated rings. The van der Waals surface area contributed by atoms with Gasteiger partial charge in [0.1, 0.15) is 5.75 Å². The fourth-order valence-electron chi connectivity index (χ4n) is 0.766. The highest BCUT2D eigenvalue weighted by Crippen LogP contribution is 2.15. The van der Waals surface area contributed by atoms with E-state index in [-0.39, 0.29) is 0 Å². The Morgan fingerprint density at radius 1 is 1.60 bits per heavy atom. The molecule has 0 amide bonds. The number of ether oxygens (including phenoxy) is 1. The van der Waals surface area contributed by atoms with Crippen molar-refractivity contribution in [3.8, 4) is 5.75 Å². The SMILES string of the molecule is [CH2]c1cc(OC)c(C)cn1. The zero-order valence-electron chi connectivity index (χ0n) is 6.22. The molecule has 0 aliphatic heterocycles. The largest absolute Gasteiger partial charge is 0.496 e. The second-order valence-corrected chi connectivity index (χ2v) is 2.15. The fourth-order valence-corrected chi connectivity index (χ4v) is 0.766. The highest BCUT2D eigenvalue weighted by Gasteiger charge is 1.96. The van der Waals surface area contributed by atoms with Gasteiger partial charge in [0.15, 0.2) is 0 Å². The van der Waals surface area contributed by atoms with Crippen LogP contribution >= 0.6 is 0 Å². The van der Waals surface area contributed by atoms with Gasteiger partial charge in [0.25, 0.3) is 0 Å². The van der Waals surface area contributed by atoms with Crippen LogP contribution in [0.4, 0.5) is 0 Å². The number of hydrogen-bond donors (Lipinski definition) is 0. The Morgan fingerprint density at radius 3 is 2.80 bits per heavy atom. The number of pyridine rings is 1. The number of aryl methyl sites for hydroxylation is 1. The lowest BCUT2D eigenvalue weighted by Gasteiger charge is -2.02. The third kappa shape index (κ3) is 1.26. The van der Waals surface area contributed by atoms with Crippen LogP contribution < -0.4 is 4.74 Å². The molecule has 0 aromatic carbocycles. The van der Waals surface area contributed by atoms with E-state index in [4.69, 9.17) is 4.74 Å².